The first kappa shape index (κ1) is 13.9. The number of amides is 2. The first-order valence-electron chi connectivity index (χ1n) is 6.75. The van der Waals surface area contributed by atoms with Crippen molar-refractivity contribution in [2.45, 2.75) is 6.42 Å². The molecule has 1 aliphatic rings. The van der Waals surface area contributed by atoms with Crippen LogP contribution in [0.3, 0.4) is 0 Å². The van der Waals surface area contributed by atoms with Crippen molar-refractivity contribution in [2.24, 2.45) is 0 Å². The highest BCUT2D eigenvalue weighted by atomic mass is 16.7. The molecule has 0 spiro atoms. The third kappa shape index (κ3) is 3.35. The molecule has 2 amide bonds. The maximum Gasteiger partial charge on any atom is 0.233 e. The van der Waals surface area contributed by atoms with Gasteiger partial charge in [0.25, 0.3) is 0 Å². The molecule has 22 heavy (non-hydrogen) atoms. The molecule has 0 atom stereocenters. The van der Waals surface area contributed by atoms with Gasteiger partial charge in [0, 0.05) is 17.4 Å². The number of carbonyl (C=O) groups excluding carboxylic acids is 2. The van der Waals surface area contributed by atoms with Crippen LogP contribution in [0.1, 0.15) is 6.42 Å². The predicted molar refractivity (Wildman–Crippen MR) is 80.9 cm³/mol. The Kier molecular flexibility index (Phi) is 3.91. The largest absolute Gasteiger partial charge is 0.454 e. The number of hydrogen-bond acceptors (Lipinski definition) is 4. The molecule has 2 N–H and O–H groups in total. The van der Waals surface area contributed by atoms with Gasteiger partial charge < -0.3 is 20.1 Å². The quantitative estimate of drug-likeness (QED) is 0.850. The molecule has 0 aliphatic carbocycles. The van der Waals surface area contributed by atoms with Gasteiger partial charge in [-0.2, -0.15) is 0 Å². The Morgan fingerprint density at radius 1 is 0.864 bits per heavy atom. The van der Waals surface area contributed by atoms with E-state index in [9.17, 15) is 9.59 Å². The van der Waals surface area contributed by atoms with Crippen molar-refractivity contribution in [3.63, 3.8) is 0 Å². The Morgan fingerprint density at radius 2 is 1.55 bits per heavy atom. The second-order valence-electron chi connectivity index (χ2n) is 4.71. The minimum absolute atomic E-state index is 0.173. The summed E-state index contributed by atoms with van der Waals surface area (Å²) in [5.41, 5.74) is 1.21. The van der Waals surface area contributed by atoms with Crippen LogP contribution in [-0.2, 0) is 9.59 Å². The van der Waals surface area contributed by atoms with Gasteiger partial charge in [-0.25, -0.2) is 0 Å². The fourth-order valence-electron chi connectivity index (χ4n) is 2.05. The van der Waals surface area contributed by atoms with E-state index in [1.165, 1.54) is 0 Å². The Morgan fingerprint density at radius 3 is 2.32 bits per heavy atom. The monoisotopic (exact) mass is 298 g/mol. The molecular weight excluding hydrogens is 284 g/mol. The van der Waals surface area contributed by atoms with Gasteiger partial charge in [-0.3, -0.25) is 9.59 Å². The fraction of sp³-hybridized carbons (Fsp3) is 0.125. The fourth-order valence-corrected chi connectivity index (χ4v) is 2.05. The van der Waals surface area contributed by atoms with Crippen molar-refractivity contribution in [2.75, 3.05) is 17.4 Å². The van der Waals surface area contributed by atoms with Crippen LogP contribution in [0.2, 0.25) is 0 Å². The summed E-state index contributed by atoms with van der Waals surface area (Å²) in [6.07, 6.45) is -0.261. The van der Waals surface area contributed by atoms with Gasteiger partial charge in [0.05, 0.1) is 0 Å². The van der Waals surface area contributed by atoms with Crippen molar-refractivity contribution >= 4 is 23.2 Å². The maximum atomic E-state index is 11.9. The number of hydrogen-bond donors (Lipinski definition) is 2. The minimum atomic E-state index is -0.396. The molecule has 2 aromatic rings. The Hall–Kier alpha value is -3.02. The lowest BCUT2D eigenvalue weighted by Crippen LogP contribution is -2.21. The maximum absolute atomic E-state index is 11.9. The number of para-hydroxylation sites is 1. The Balaban J connectivity index is 1.55. The number of ether oxygens (including phenoxy) is 2. The van der Waals surface area contributed by atoms with E-state index in [0.717, 1.165) is 0 Å². The van der Waals surface area contributed by atoms with Gasteiger partial charge in [0.15, 0.2) is 11.5 Å². The zero-order chi connectivity index (χ0) is 15.4. The van der Waals surface area contributed by atoms with E-state index in [0.29, 0.717) is 22.9 Å². The highest BCUT2D eigenvalue weighted by Gasteiger charge is 2.15. The van der Waals surface area contributed by atoms with Crippen molar-refractivity contribution < 1.29 is 19.1 Å². The highest BCUT2D eigenvalue weighted by molar-refractivity contribution is 6.08. The molecule has 0 aromatic heterocycles. The lowest BCUT2D eigenvalue weighted by molar-refractivity contribution is -0.123. The summed E-state index contributed by atoms with van der Waals surface area (Å²) in [6, 6.07) is 14.0. The molecule has 112 valence electrons. The molecule has 0 saturated heterocycles. The van der Waals surface area contributed by atoms with Gasteiger partial charge >= 0.3 is 0 Å². The summed E-state index contributed by atoms with van der Waals surface area (Å²) >= 11 is 0. The predicted octanol–water partition coefficient (Wildman–Crippen LogP) is 2.38. The smallest absolute Gasteiger partial charge is 0.233 e. The summed E-state index contributed by atoms with van der Waals surface area (Å²) < 4.78 is 10.4. The molecule has 6 heteroatoms. The van der Waals surface area contributed by atoms with Crippen LogP contribution < -0.4 is 20.1 Å². The Bertz CT molecular complexity index is 701. The summed E-state index contributed by atoms with van der Waals surface area (Å²) in [5, 5.41) is 5.31. The van der Waals surface area contributed by atoms with Gasteiger partial charge in [0.2, 0.25) is 18.6 Å². The highest BCUT2D eigenvalue weighted by Crippen LogP contribution is 2.34. The Labute approximate surface area is 127 Å². The SMILES string of the molecule is O=C(CC(=O)Nc1ccc2c(c1)OCO2)Nc1ccccc1. The third-order valence-corrected chi connectivity index (χ3v) is 3.03. The average Bonchev–Trinajstić information content (AvgIpc) is 2.95. The second-order valence-corrected chi connectivity index (χ2v) is 4.71. The van der Waals surface area contributed by atoms with Crippen molar-refractivity contribution in [3.05, 3.63) is 48.5 Å². The normalized spacial score (nSPS) is 11.8. The van der Waals surface area contributed by atoms with Gasteiger partial charge in [0.1, 0.15) is 6.42 Å². The summed E-state index contributed by atoms with van der Waals surface area (Å²) in [4.78, 5) is 23.7. The summed E-state index contributed by atoms with van der Waals surface area (Å²) in [7, 11) is 0. The molecular formula is C16H14N2O4. The van der Waals surface area contributed by atoms with Crippen molar-refractivity contribution in [3.8, 4) is 11.5 Å². The zero-order valence-corrected chi connectivity index (χ0v) is 11.7. The van der Waals surface area contributed by atoms with Crippen molar-refractivity contribution in [1.82, 2.24) is 0 Å². The van der Waals surface area contributed by atoms with Crippen LogP contribution in [0.4, 0.5) is 11.4 Å². The first-order chi connectivity index (χ1) is 10.7. The molecule has 3 rings (SSSR count). The van der Waals surface area contributed by atoms with Crippen LogP contribution in [-0.4, -0.2) is 18.6 Å². The summed E-state index contributed by atoms with van der Waals surface area (Å²) in [5.74, 6) is 0.447. The molecule has 0 bridgehead atoms. The molecule has 1 aliphatic heterocycles. The first-order valence-corrected chi connectivity index (χ1v) is 6.75. The number of fused-ring (bicyclic) bond motifs is 1. The number of nitrogens with one attached hydrogen (secondary N) is 2. The van der Waals surface area contributed by atoms with E-state index >= 15 is 0 Å². The van der Waals surface area contributed by atoms with Crippen LogP contribution in [0.15, 0.2) is 48.5 Å². The van der Waals surface area contributed by atoms with E-state index in [-0.39, 0.29) is 19.1 Å². The number of benzene rings is 2. The van der Waals surface area contributed by atoms with E-state index in [2.05, 4.69) is 10.6 Å². The zero-order valence-electron chi connectivity index (χ0n) is 11.7. The van der Waals surface area contributed by atoms with Crippen LogP contribution >= 0.6 is 0 Å². The van der Waals surface area contributed by atoms with E-state index in [4.69, 9.17) is 9.47 Å². The van der Waals surface area contributed by atoms with Gasteiger partial charge in [-0.1, -0.05) is 18.2 Å². The lowest BCUT2D eigenvalue weighted by atomic mass is 10.2. The van der Waals surface area contributed by atoms with Gasteiger partial charge in [-0.15, -0.1) is 0 Å². The molecule has 0 radical (unpaired) electrons. The van der Waals surface area contributed by atoms with Crippen LogP contribution in [0.25, 0.3) is 0 Å². The third-order valence-electron chi connectivity index (χ3n) is 3.03. The van der Waals surface area contributed by atoms with E-state index in [1.807, 2.05) is 18.2 Å². The average molecular weight is 298 g/mol. The number of rotatable bonds is 4. The van der Waals surface area contributed by atoms with E-state index in [1.54, 1.807) is 30.3 Å². The molecule has 2 aromatic carbocycles. The molecule has 6 nitrogen and oxygen atoms in total. The second kappa shape index (κ2) is 6.17. The standard InChI is InChI=1S/C16H14N2O4/c19-15(17-11-4-2-1-3-5-11)9-16(20)18-12-6-7-13-14(8-12)22-10-21-13/h1-8H,9-10H2,(H,17,19)(H,18,20). The molecule has 0 fully saturated rings. The van der Waals surface area contributed by atoms with E-state index < -0.39 is 5.91 Å². The lowest BCUT2D eigenvalue weighted by Gasteiger charge is -2.07. The van der Waals surface area contributed by atoms with Crippen LogP contribution in [0.5, 0.6) is 11.5 Å². The van der Waals surface area contributed by atoms with Crippen LogP contribution in [0, 0.1) is 0 Å². The molecule has 0 unspecified atom stereocenters. The number of anilines is 2. The minimum Gasteiger partial charge on any atom is -0.454 e. The topological polar surface area (TPSA) is 76.7 Å². The molecule has 1 heterocycles. The van der Waals surface area contributed by atoms with Crippen molar-refractivity contribution in [1.29, 1.82) is 0 Å². The summed E-state index contributed by atoms with van der Waals surface area (Å²) in [6.45, 7) is 0.173. The van der Waals surface area contributed by atoms with Gasteiger partial charge in [-0.05, 0) is 24.3 Å². The molecule has 0 saturated carbocycles. The number of carbonyl (C=O) groups is 2.